The Kier molecular flexibility index (Phi) is 5.06. The van der Waals surface area contributed by atoms with E-state index < -0.39 is 29.3 Å². The van der Waals surface area contributed by atoms with E-state index in [4.69, 9.17) is 12.3 Å². The zero-order valence-electron chi connectivity index (χ0n) is 19.5. The number of amides is 2. The first kappa shape index (κ1) is 22.1. The Morgan fingerprint density at radius 2 is 1.85 bits per heavy atom. The molecule has 2 amide bonds. The zero-order chi connectivity index (χ0) is 23.7. The number of benzene rings is 1. The molecule has 6 fully saturated rings. The highest BCUT2D eigenvalue weighted by Gasteiger charge is 2.64. The van der Waals surface area contributed by atoms with Crippen molar-refractivity contribution in [3.63, 3.8) is 0 Å². The van der Waals surface area contributed by atoms with Gasteiger partial charge in [-0.1, -0.05) is 30.3 Å². The summed E-state index contributed by atoms with van der Waals surface area (Å²) in [6, 6.07) is 8.29. The summed E-state index contributed by atoms with van der Waals surface area (Å²) >= 11 is 0. The third-order valence-corrected chi connectivity index (χ3v) is 9.34. The van der Waals surface area contributed by atoms with Crippen LogP contribution < -0.4 is 11.1 Å². The second-order valence-electron chi connectivity index (χ2n) is 11.9. The number of piperidine rings is 1. The number of hydrogen-bond acceptors (Lipinski definition) is 4. The molecule has 1 aromatic rings. The molecule has 7 nitrogen and oxygen atoms in total. The fourth-order valence-electron chi connectivity index (χ4n) is 8.31. The minimum absolute atomic E-state index is 0.126. The van der Waals surface area contributed by atoms with Crippen molar-refractivity contribution in [2.45, 2.75) is 87.7 Å². The van der Waals surface area contributed by atoms with Crippen LogP contribution in [-0.4, -0.2) is 51.7 Å². The first-order valence-corrected chi connectivity index (χ1v) is 12.8. The van der Waals surface area contributed by atoms with Gasteiger partial charge in [0.2, 0.25) is 5.91 Å². The molecule has 1 aliphatic heterocycles. The van der Waals surface area contributed by atoms with E-state index in [0.29, 0.717) is 30.6 Å². The van der Waals surface area contributed by atoms with Gasteiger partial charge in [-0.15, -0.1) is 0 Å². The van der Waals surface area contributed by atoms with Crippen molar-refractivity contribution in [3.8, 4) is 0 Å². The van der Waals surface area contributed by atoms with Gasteiger partial charge in [-0.05, 0) is 74.7 Å². The summed E-state index contributed by atoms with van der Waals surface area (Å²) in [5.41, 5.74) is 6.10. The maximum atomic E-state index is 14.1. The molecule has 0 spiro atoms. The van der Waals surface area contributed by atoms with Crippen molar-refractivity contribution < 1.29 is 14.7 Å². The predicted molar refractivity (Wildman–Crippen MR) is 126 cm³/mol. The Labute approximate surface area is 200 Å². The minimum Gasteiger partial charge on any atom is -0.390 e. The fraction of sp³-hybridized carbons (Fsp3) is 0.667. The quantitative estimate of drug-likeness (QED) is 0.565. The third kappa shape index (κ3) is 3.63. The van der Waals surface area contributed by atoms with Gasteiger partial charge in [-0.2, -0.15) is 0 Å². The van der Waals surface area contributed by atoms with Crippen molar-refractivity contribution in [1.82, 2.24) is 10.2 Å². The van der Waals surface area contributed by atoms with Crippen molar-refractivity contribution in [3.05, 3.63) is 47.3 Å². The van der Waals surface area contributed by atoms with E-state index in [0.717, 1.165) is 50.5 Å². The SMILES string of the molecule is [C-]#[N+]C1CC2CC2N1C(=O)C(NC(=O)C(N)Cc1ccccc1)C12CC3CC(CC(O)(C3)C1)C2. The smallest absolute Gasteiger partial charge is 0.301 e. The van der Waals surface area contributed by atoms with Crippen LogP contribution in [0.25, 0.3) is 4.85 Å². The van der Waals surface area contributed by atoms with Gasteiger partial charge in [-0.3, -0.25) is 19.3 Å². The van der Waals surface area contributed by atoms with Crippen molar-refractivity contribution in [2.24, 2.45) is 28.9 Å². The molecule has 34 heavy (non-hydrogen) atoms. The lowest BCUT2D eigenvalue weighted by Gasteiger charge is -2.62. The van der Waals surface area contributed by atoms with Crippen LogP contribution in [0.3, 0.4) is 0 Å². The van der Waals surface area contributed by atoms with Crippen LogP contribution in [-0.2, 0) is 16.0 Å². The van der Waals surface area contributed by atoms with E-state index >= 15 is 0 Å². The molecule has 5 aliphatic carbocycles. The number of carbonyl (C=O) groups excluding carboxylic acids is 2. The molecule has 7 rings (SSSR count). The van der Waals surface area contributed by atoms with Gasteiger partial charge in [0.05, 0.1) is 11.6 Å². The van der Waals surface area contributed by atoms with E-state index in [9.17, 15) is 14.7 Å². The molecule has 0 radical (unpaired) electrons. The molecule has 4 bridgehead atoms. The maximum absolute atomic E-state index is 14.1. The van der Waals surface area contributed by atoms with Gasteiger partial charge >= 0.3 is 6.17 Å². The number of nitrogens with zero attached hydrogens (tertiary/aromatic N) is 2. The molecule has 1 saturated heterocycles. The first-order valence-electron chi connectivity index (χ1n) is 12.8. The highest BCUT2D eigenvalue weighted by molar-refractivity contribution is 5.91. The summed E-state index contributed by atoms with van der Waals surface area (Å²) in [4.78, 5) is 33.0. The zero-order valence-corrected chi connectivity index (χ0v) is 19.5. The average Bonchev–Trinajstić information content (AvgIpc) is 3.45. The summed E-state index contributed by atoms with van der Waals surface area (Å²) in [6.45, 7) is 7.64. The fourth-order valence-corrected chi connectivity index (χ4v) is 8.31. The summed E-state index contributed by atoms with van der Waals surface area (Å²) in [6.07, 6.45) is 6.58. The Balaban J connectivity index is 1.29. The molecule has 7 heteroatoms. The van der Waals surface area contributed by atoms with Crippen LogP contribution >= 0.6 is 0 Å². The summed E-state index contributed by atoms with van der Waals surface area (Å²) in [5, 5.41) is 14.5. The van der Waals surface area contributed by atoms with Crippen LogP contribution in [0.15, 0.2) is 30.3 Å². The van der Waals surface area contributed by atoms with E-state index in [-0.39, 0.29) is 17.9 Å². The second kappa shape index (κ2) is 7.79. The van der Waals surface area contributed by atoms with E-state index in [1.807, 2.05) is 30.3 Å². The van der Waals surface area contributed by atoms with E-state index in [1.54, 1.807) is 4.90 Å². The Bertz CT molecular complexity index is 1020. The standard InChI is InChI=1S/C27H34N4O3/c1-29-22-10-19-9-21(19)31(22)25(33)23(30-24(32)20(28)8-16-5-3-2-4-6-16)26-11-17-7-18(12-26)14-27(34,13-17)15-26/h2-6,17-23,34H,7-15,28H2,(H,30,32). The molecular weight excluding hydrogens is 428 g/mol. The molecule has 7 unspecified atom stereocenters. The number of nitrogens with two attached hydrogens (primary N) is 1. The molecule has 5 saturated carbocycles. The molecule has 1 heterocycles. The number of nitrogens with one attached hydrogen (secondary N) is 1. The monoisotopic (exact) mass is 462 g/mol. The predicted octanol–water partition coefficient (Wildman–Crippen LogP) is 2.24. The van der Waals surface area contributed by atoms with Gasteiger partial charge < -0.3 is 16.2 Å². The highest BCUT2D eigenvalue weighted by atomic mass is 16.3. The molecule has 1 aromatic carbocycles. The average molecular weight is 463 g/mol. The second-order valence-corrected chi connectivity index (χ2v) is 11.9. The highest BCUT2D eigenvalue weighted by Crippen LogP contribution is 2.63. The maximum Gasteiger partial charge on any atom is 0.301 e. The molecule has 6 aliphatic rings. The van der Waals surface area contributed by atoms with Crippen LogP contribution in [0.2, 0.25) is 0 Å². The van der Waals surface area contributed by atoms with Gasteiger partial charge in [0, 0.05) is 17.9 Å². The topological polar surface area (TPSA) is 100 Å². The van der Waals surface area contributed by atoms with Crippen LogP contribution in [0.1, 0.15) is 56.9 Å². The summed E-state index contributed by atoms with van der Waals surface area (Å²) in [5.74, 6) is 0.744. The number of carbonyl (C=O) groups is 2. The van der Waals surface area contributed by atoms with E-state index in [2.05, 4.69) is 10.2 Å². The first-order chi connectivity index (χ1) is 16.3. The lowest BCUT2D eigenvalue weighted by molar-refractivity contribution is -0.182. The molecule has 7 atom stereocenters. The Hall–Kier alpha value is -2.43. The summed E-state index contributed by atoms with van der Waals surface area (Å²) < 4.78 is 0. The number of aliphatic hydroxyl groups is 1. The molecular formula is C27H34N4O3. The molecule has 0 aromatic heterocycles. The third-order valence-electron chi connectivity index (χ3n) is 9.34. The van der Waals surface area contributed by atoms with Gasteiger partial charge in [0.25, 0.3) is 5.91 Å². The summed E-state index contributed by atoms with van der Waals surface area (Å²) in [7, 11) is 0. The van der Waals surface area contributed by atoms with Crippen molar-refractivity contribution in [1.29, 1.82) is 0 Å². The number of rotatable bonds is 6. The largest absolute Gasteiger partial charge is 0.390 e. The molecule has 4 N–H and O–H groups in total. The minimum atomic E-state index is -0.765. The number of fused-ring (bicyclic) bond motifs is 1. The van der Waals surface area contributed by atoms with E-state index in [1.165, 1.54) is 0 Å². The Morgan fingerprint density at radius 3 is 2.50 bits per heavy atom. The van der Waals surface area contributed by atoms with Gasteiger partial charge in [0.1, 0.15) is 6.04 Å². The number of hydrogen-bond donors (Lipinski definition) is 3. The molecule has 180 valence electrons. The lowest BCUT2D eigenvalue weighted by atomic mass is 9.46. The Morgan fingerprint density at radius 1 is 1.15 bits per heavy atom. The van der Waals surface area contributed by atoms with Crippen LogP contribution in [0.5, 0.6) is 0 Å². The normalized spacial score (nSPS) is 40.9. The van der Waals surface area contributed by atoms with Crippen molar-refractivity contribution in [2.75, 3.05) is 0 Å². The lowest BCUT2D eigenvalue weighted by Crippen LogP contribution is -2.67. The van der Waals surface area contributed by atoms with Crippen LogP contribution in [0.4, 0.5) is 0 Å². The van der Waals surface area contributed by atoms with Gasteiger partial charge in [0.15, 0.2) is 0 Å². The number of likely N-dealkylation sites (tertiary alicyclic amines) is 1. The van der Waals surface area contributed by atoms with Crippen LogP contribution in [0, 0.1) is 29.7 Å². The van der Waals surface area contributed by atoms with Crippen molar-refractivity contribution >= 4 is 11.8 Å². The van der Waals surface area contributed by atoms with Gasteiger partial charge in [-0.25, -0.2) is 6.57 Å².